The van der Waals surface area contributed by atoms with Gasteiger partial charge >= 0.3 is 6.09 Å². The van der Waals surface area contributed by atoms with E-state index in [2.05, 4.69) is 17.0 Å². The Labute approximate surface area is 304 Å². The van der Waals surface area contributed by atoms with Gasteiger partial charge in [0.15, 0.2) is 5.92 Å². The van der Waals surface area contributed by atoms with Gasteiger partial charge in [-0.2, -0.15) is 31.6 Å². The van der Waals surface area contributed by atoms with Crippen LogP contribution in [0.5, 0.6) is 0 Å². The molecule has 2 aromatic rings. The molecule has 0 bridgehead atoms. The maximum atomic E-state index is 12.4. The number of carbonyl (C=O) groups is 1. The average molecular weight is 683 g/mol. The largest absolute Gasteiger partial charge is 0.450 e. The number of amides is 1. The van der Waals surface area contributed by atoms with Crippen LogP contribution in [0.3, 0.4) is 0 Å². The summed E-state index contributed by atoms with van der Waals surface area (Å²) in [5.74, 6) is -1.13. The Kier molecular flexibility index (Phi) is 13.7. The summed E-state index contributed by atoms with van der Waals surface area (Å²) in [7, 11) is 0. The minimum atomic E-state index is -1.13. The second-order valence-electron chi connectivity index (χ2n) is 11.5. The van der Waals surface area contributed by atoms with Gasteiger partial charge in [0.1, 0.15) is 17.7 Å². The van der Waals surface area contributed by atoms with E-state index in [4.69, 9.17) is 4.74 Å². The quantitative estimate of drug-likeness (QED) is 0.182. The van der Waals surface area contributed by atoms with Crippen LogP contribution in [-0.4, -0.2) is 48.7 Å². The molecule has 0 radical (unpaired) electrons. The van der Waals surface area contributed by atoms with Crippen molar-refractivity contribution in [3.63, 3.8) is 0 Å². The number of hydrogen-bond acceptors (Lipinski definition) is 9. The highest BCUT2D eigenvalue weighted by Crippen LogP contribution is 2.36. The van der Waals surface area contributed by atoms with E-state index in [0.717, 1.165) is 16.8 Å². The Bertz CT molecular complexity index is 2110. The number of ether oxygens (including phenoxy) is 1. The van der Waals surface area contributed by atoms with Gasteiger partial charge < -0.3 is 14.5 Å². The molecule has 0 unspecified atom stereocenters. The molecule has 10 nitrogen and oxygen atoms in total. The predicted octanol–water partition coefficient (Wildman–Crippen LogP) is 7.44. The van der Waals surface area contributed by atoms with Crippen LogP contribution in [0.1, 0.15) is 30.9 Å². The van der Waals surface area contributed by atoms with Crippen LogP contribution in [0.4, 0.5) is 4.79 Å². The summed E-state index contributed by atoms with van der Waals surface area (Å²) in [6, 6.07) is 29.9. The first-order chi connectivity index (χ1) is 25.4. The molecular weight excluding hydrogens is 649 g/mol. The third-order valence-corrected chi connectivity index (χ3v) is 8.48. The fraction of sp³-hybridized carbons (Fsp3) is 0.214. The molecule has 52 heavy (non-hydrogen) atoms. The third-order valence-electron chi connectivity index (χ3n) is 8.48. The number of benzene rings is 2. The van der Waals surface area contributed by atoms with Crippen LogP contribution in [0, 0.1) is 73.9 Å². The highest BCUT2D eigenvalue weighted by Gasteiger charge is 2.28. The predicted molar refractivity (Wildman–Crippen MR) is 195 cm³/mol. The lowest BCUT2D eigenvalue weighted by Gasteiger charge is -2.37. The number of rotatable bonds is 10. The minimum absolute atomic E-state index is 0.165. The van der Waals surface area contributed by atoms with Crippen molar-refractivity contribution < 1.29 is 9.53 Å². The van der Waals surface area contributed by atoms with Crippen molar-refractivity contribution in [2.75, 3.05) is 32.8 Å². The zero-order valence-corrected chi connectivity index (χ0v) is 28.7. The van der Waals surface area contributed by atoms with Gasteiger partial charge in [0.25, 0.3) is 0 Å². The number of nitriles is 6. The summed E-state index contributed by atoms with van der Waals surface area (Å²) in [5, 5.41) is 58.9. The molecule has 0 aromatic heterocycles. The van der Waals surface area contributed by atoms with Crippen molar-refractivity contribution in [2.45, 2.75) is 19.8 Å². The fourth-order valence-electron chi connectivity index (χ4n) is 6.08. The molecule has 4 rings (SSSR count). The second kappa shape index (κ2) is 19.0. The minimum Gasteiger partial charge on any atom is -0.450 e. The van der Waals surface area contributed by atoms with E-state index in [0.29, 0.717) is 55.7 Å². The average Bonchev–Trinajstić information content (AvgIpc) is 3.59. The van der Waals surface area contributed by atoms with E-state index in [-0.39, 0.29) is 35.0 Å². The van der Waals surface area contributed by atoms with Crippen LogP contribution >= 0.6 is 0 Å². The molecule has 10 heteroatoms. The molecule has 1 aliphatic carbocycles. The molecule has 0 saturated carbocycles. The first kappa shape index (κ1) is 37.4. The van der Waals surface area contributed by atoms with Gasteiger partial charge in [0, 0.05) is 43.0 Å². The first-order valence-electron chi connectivity index (χ1n) is 16.6. The molecule has 2 aromatic carbocycles. The molecule has 1 saturated heterocycles. The van der Waals surface area contributed by atoms with Crippen molar-refractivity contribution in [3.05, 3.63) is 142 Å². The highest BCUT2D eigenvalue weighted by atomic mass is 16.6. The number of carbonyl (C=O) groups excluding carboxylic acids is 1. The van der Waals surface area contributed by atoms with Gasteiger partial charge in [0.2, 0.25) is 0 Å². The van der Waals surface area contributed by atoms with E-state index in [1.54, 1.807) is 84.7 Å². The van der Waals surface area contributed by atoms with E-state index in [9.17, 15) is 36.4 Å². The molecule has 1 aliphatic heterocycles. The van der Waals surface area contributed by atoms with Gasteiger partial charge in [-0.1, -0.05) is 85.0 Å². The number of nitrogens with zero attached hydrogens (tertiary/aromatic N) is 8. The van der Waals surface area contributed by atoms with Gasteiger partial charge in [-0.3, -0.25) is 0 Å². The van der Waals surface area contributed by atoms with Gasteiger partial charge in [-0.25, -0.2) is 4.79 Å². The van der Waals surface area contributed by atoms with Crippen LogP contribution < -0.4 is 0 Å². The molecular formula is C42H34N8O2. The Hall–Kier alpha value is -7.37. The third kappa shape index (κ3) is 8.99. The Morgan fingerprint density at radius 2 is 1.44 bits per heavy atom. The number of piperazine rings is 1. The Balaban J connectivity index is 1.76. The summed E-state index contributed by atoms with van der Waals surface area (Å²) in [5.41, 5.74) is 4.92. The SMILES string of the molecule is CCOC(=O)N1CCN(C2=C(/C=C/C=C(\C#N)C(=C(C#N)C#N)c3ccccc3)CC\C2=C/C=C/C(C#N)=C(\c2ccccc2)C(C#N)C#N)CC1. The van der Waals surface area contributed by atoms with E-state index in [1.165, 1.54) is 0 Å². The van der Waals surface area contributed by atoms with E-state index in [1.807, 2.05) is 48.6 Å². The molecule has 1 fully saturated rings. The maximum Gasteiger partial charge on any atom is 0.409 e. The summed E-state index contributed by atoms with van der Waals surface area (Å²) in [6.45, 7) is 4.08. The van der Waals surface area contributed by atoms with Crippen LogP contribution in [-0.2, 0) is 4.74 Å². The van der Waals surface area contributed by atoms with Crippen LogP contribution in [0.25, 0.3) is 11.1 Å². The second-order valence-corrected chi connectivity index (χ2v) is 11.5. The van der Waals surface area contributed by atoms with Crippen molar-refractivity contribution in [3.8, 4) is 36.4 Å². The molecule has 254 valence electrons. The molecule has 0 spiro atoms. The molecule has 0 N–H and O–H groups in total. The summed E-state index contributed by atoms with van der Waals surface area (Å²) < 4.78 is 5.20. The van der Waals surface area contributed by atoms with Crippen LogP contribution in [0.2, 0.25) is 0 Å². The zero-order valence-electron chi connectivity index (χ0n) is 28.7. The van der Waals surface area contributed by atoms with E-state index < -0.39 is 5.92 Å². The smallest absolute Gasteiger partial charge is 0.409 e. The number of hydrogen-bond donors (Lipinski definition) is 0. The molecule has 1 amide bonds. The Morgan fingerprint density at radius 1 is 0.808 bits per heavy atom. The van der Waals surface area contributed by atoms with Crippen molar-refractivity contribution >= 4 is 17.2 Å². The standard InChI is InChI=1S/C42H34N8O2/c1-2-52-42(51)50-23-21-49(22-24-50)41-33(15-9-17-35(25-43)39(37(27-45)28-46)31-11-5-3-6-12-31)19-20-34(41)16-10-18-36(26-44)40(38(29-47)30-48)32-13-7-4-8-14-32/h3-18,37H,2,19-24H2,1H3/b16-10+,17-9+,33-15+,36-18+,39-35-. The van der Waals surface area contributed by atoms with Crippen molar-refractivity contribution in [1.82, 2.24) is 9.80 Å². The Morgan fingerprint density at radius 3 is 2.00 bits per heavy atom. The lowest BCUT2D eigenvalue weighted by atomic mass is 9.90. The summed E-state index contributed by atoms with van der Waals surface area (Å²) >= 11 is 0. The monoisotopic (exact) mass is 682 g/mol. The summed E-state index contributed by atoms with van der Waals surface area (Å²) in [4.78, 5) is 16.3. The molecule has 0 atom stereocenters. The van der Waals surface area contributed by atoms with Gasteiger partial charge in [0.05, 0.1) is 42.0 Å². The van der Waals surface area contributed by atoms with Crippen LogP contribution in [0.15, 0.2) is 131 Å². The summed E-state index contributed by atoms with van der Waals surface area (Å²) in [6.07, 6.45) is 11.5. The first-order valence-corrected chi connectivity index (χ1v) is 16.6. The van der Waals surface area contributed by atoms with Gasteiger partial charge in [-0.15, -0.1) is 0 Å². The molecule has 1 heterocycles. The maximum absolute atomic E-state index is 12.4. The van der Waals surface area contributed by atoms with E-state index >= 15 is 0 Å². The highest BCUT2D eigenvalue weighted by molar-refractivity contribution is 5.89. The van der Waals surface area contributed by atoms with Crippen molar-refractivity contribution in [2.24, 2.45) is 5.92 Å². The van der Waals surface area contributed by atoms with Gasteiger partial charge in [-0.05, 0) is 54.2 Å². The lowest BCUT2D eigenvalue weighted by molar-refractivity contribution is 0.0873. The number of allylic oxidation sites excluding steroid dienone is 13. The lowest BCUT2D eigenvalue weighted by Crippen LogP contribution is -2.48. The van der Waals surface area contributed by atoms with Crippen molar-refractivity contribution in [1.29, 1.82) is 31.6 Å². The fourth-order valence-corrected chi connectivity index (χ4v) is 6.08. The molecule has 2 aliphatic rings. The zero-order chi connectivity index (χ0) is 37.3. The normalized spacial score (nSPS) is 15.7. The topological polar surface area (TPSA) is 176 Å².